The van der Waals surface area contributed by atoms with Crippen molar-refractivity contribution in [2.45, 2.75) is 6.04 Å². The number of carbonyl (C=O) groups is 1. The Kier molecular flexibility index (Phi) is 4.30. The third kappa shape index (κ3) is 3.42. The van der Waals surface area contributed by atoms with Crippen LogP contribution in [0.15, 0.2) is 47.2 Å². The van der Waals surface area contributed by atoms with Gasteiger partial charge in [0.25, 0.3) is 5.91 Å². The molecule has 2 rings (SSSR count). The first-order chi connectivity index (χ1) is 9.18. The maximum Gasteiger partial charge on any atom is 0.270 e. The molecule has 5 heteroatoms. The largest absolute Gasteiger partial charge is 0.463 e. The molecule has 0 saturated heterocycles. The van der Waals surface area contributed by atoms with Gasteiger partial charge in [-0.3, -0.25) is 9.78 Å². The van der Waals surface area contributed by atoms with Gasteiger partial charge in [0.1, 0.15) is 5.69 Å². The molecular formula is C14H18N3O2+. The molecule has 0 radical (unpaired) electrons. The van der Waals surface area contributed by atoms with Crippen LogP contribution in [-0.4, -0.2) is 31.5 Å². The van der Waals surface area contributed by atoms with Gasteiger partial charge in [-0.1, -0.05) is 6.07 Å². The highest BCUT2D eigenvalue weighted by Gasteiger charge is 2.21. The van der Waals surface area contributed by atoms with Crippen LogP contribution < -0.4 is 10.2 Å². The summed E-state index contributed by atoms with van der Waals surface area (Å²) in [5.74, 6) is 0.694. The Morgan fingerprint density at radius 2 is 2.21 bits per heavy atom. The minimum atomic E-state index is -0.168. The lowest BCUT2D eigenvalue weighted by Gasteiger charge is -2.19. The number of hydrogen-bond acceptors (Lipinski definition) is 3. The molecule has 0 spiro atoms. The lowest BCUT2D eigenvalue weighted by molar-refractivity contribution is -0.891. The van der Waals surface area contributed by atoms with Gasteiger partial charge in [0.2, 0.25) is 0 Å². The molecule has 2 N–H and O–H groups in total. The highest BCUT2D eigenvalue weighted by Crippen LogP contribution is 2.09. The number of quaternary nitrogens is 1. The Balaban J connectivity index is 1.98. The Morgan fingerprint density at radius 1 is 1.37 bits per heavy atom. The molecule has 0 bridgehead atoms. The third-order valence-corrected chi connectivity index (χ3v) is 2.95. The number of carbonyl (C=O) groups excluding carboxylic acids is 1. The van der Waals surface area contributed by atoms with Gasteiger partial charge in [-0.05, 0) is 24.3 Å². The molecule has 2 aromatic heterocycles. The summed E-state index contributed by atoms with van der Waals surface area (Å²) in [7, 11) is 4.06. The van der Waals surface area contributed by atoms with Crippen LogP contribution in [0.25, 0.3) is 0 Å². The van der Waals surface area contributed by atoms with Crippen LogP contribution in [0, 0.1) is 0 Å². The van der Waals surface area contributed by atoms with Gasteiger partial charge >= 0.3 is 0 Å². The standard InChI is InChI=1S/C14H17N3O2/c1-17(2)12(13-7-5-9-19-13)10-16-14(18)11-6-3-4-8-15-11/h3-9,12H,10H2,1-2H3,(H,16,18)/p+1/t12-/m1/s1. The van der Waals surface area contributed by atoms with E-state index in [1.54, 1.807) is 30.7 Å². The first kappa shape index (κ1) is 13.3. The Hall–Kier alpha value is -2.14. The summed E-state index contributed by atoms with van der Waals surface area (Å²) in [4.78, 5) is 17.1. The highest BCUT2D eigenvalue weighted by atomic mass is 16.3. The molecule has 2 aromatic rings. The molecule has 0 unspecified atom stereocenters. The van der Waals surface area contributed by atoms with Gasteiger partial charge in [-0.25, -0.2) is 0 Å². The van der Waals surface area contributed by atoms with Crippen LogP contribution in [0.5, 0.6) is 0 Å². The van der Waals surface area contributed by atoms with Crippen molar-refractivity contribution >= 4 is 5.91 Å². The van der Waals surface area contributed by atoms with Crippen LogP contribution in [-0.2, 0) is 0 Å². The van der Waals surface area contributed by atoms with E-state index in [1.165, 1.54) is 4.90 Å². The van der Waals surface area contributed by atoms with Crippen molar-refractivity contribution in [2.24, 2.45) is 0 Å². The topological polar surface area (TPSA) is 59.6 Å². The Bertz CT molecular complexity index is 509. The molecule has 2 heterocycles. The molecule has 0 aliphatic rings. The van der Waals surface area contributed by atoms with Crippen LogP contribution in [0.2, 0.25) is 0 Å². The normalized spacial score (nSPS) is 12.4. The maximum atomic E-state index is 11.9. The van der Waals surface area contributed by atoms with Gasteiger partial charge in [-0.15, -0.1) is 0 Å². The molecule has 1 atom stereocenters. The van der Waals surface area contributed by atoms with Gasteiger partial charge < -0.3 is 14.6 Å². The van der Waals surface area contributed by atoms with E-state index in [1.807, 2.05) is 26.2 Å². The molecular weight excluding hydrogens is 242 g/mol. The van der Waals surface area contributed by atoms with Crippen molar-refractivity contribution in [1.29, 1.82) is 0 Å². The Labute approximate surface area is 112 Å². The predicted molar refractivity (Wildman–Crippen MR) is 70.8 cm³/mol. The summed E-state index contributed by atoms with van der Waals surface area (Å²) in [6.07, 6.45) is 3.25. The quantitative estimate of drug-likeness (QED) is 0.812. The first-order valence-corrected chi connectivity index (χ1v) is 6.21. The minimum absolute atomic E-state index is 0.0858. The smallest absolute Gasteiger partial charge is 0.270 e. The summed E-state index contributed by atoms with van der Waals surface area (Å²) in [6, 6.07) is 9.13. The molecule has 1 amide bonds. The van der Waals surface area contributed by atoms with Gasteiger partial charge in [0.15, 0.2) is 11.8 Å². The lowest BCUT2D eigenvalue weighted by atomic mass is 10.2. The number of pyridine rings is 1. The minimum Gasteiger partial charge on any atom is -0.463 e. The molecule has 5 nitrogen and oxygen atoms in total. The summed E-state index contributed by atoms with van der Waals surface area (Å²) in [5.41, 5.74) is 0.425. The molecule has 0 aliphatic heterocycles. The summed E-state index contributed by atoms with van der Waals surface area (Å²) >= 11 is 0. The zero-order chi connectivity index (χ0) is 13.7. The van der Waals surface area contributed by atoms with Crippen molar-refractivity contribution in [1.82, 2.24) is 10.3 Å². The monoisotopic (exact) mass is 260 g/mol. The van der Waals surface area contributed by atoms with Crippen molar-refractivity contribution < 1.29 is 14.1 Å². The van der Waals surface area contributed by atoms with Crippen LogP contribution in [0.4, 0.5) is 0 Å². The second kappa shape index (κ2) is 6.15. The second-order valence-electron chi connectivity index (χ2n) is 4.57. The van der Waals surface area contributed by atoms with Crippen molar-refractivity contribution in [2.75, 3.05) is 20.6 Å². The van der Waals surface area contributed by atoms with Crippen molar-refractivity contribution in [3.05, 3.63) is 54.2 Å². The summed E-state index contributed by atoms with van der Waals surface area (Å²) in [5, 5.41) is 2.89. The number of nitrogens with one attached hydrogen (secondary N) is 2. The predicted octanol–water partition coefficient (Wildman–Crippen LogP) is 0.290. The molecule has 0 fully saturated rings. The van der Waals surface area contributed by atoms with E-state index in [0.29, 0.717) is 12.2 Å². The number of hydrogen-bond donors (Lipinski definition) is 2. The zero-order valence-corrected chi connectivity index (χ0v) is 11.1. The molecule has 0 aliphatic carbocycles. The van der Waals surface area contributed by atoms with Crippen LogP contribution >= 0.6 is 0 Å². The number of aromatic nitrogens is 1. The third-order valence-electron chi connectivity index (χ3n) is 2.95. The maximum absolute atomic E-state index is 11.9. The number of likely N-dealkylation sites (N-methyl/N-ethyl adjacent to an activating group) is 1. The fraction of sp³-hybridized carbons (Fsp3) is 0.286. The van der Waals surface area contributed by atoms with Gasteiger partial charge in [-0.2, -0.15) is 0 Å². The zero-order valence-electron chi connectivity index (χ0n) is 11.1. The SMILES string of the molecule is C[NH+](C)[C@H](CNC(=O)c1ccccn1)c1ccco1. The number of amides is 1. The average Bonchev–Trinajstić information content (AvgIpc) is 2.93. The molecule has 19 heavy (non-hydrogen) atoms. The first-order valence-electron chi connectivity index (χ1n) is 6.21. The van der Waals surface area contributed by atoms with E-state index in [-0.39, 0.29) is 11.9 Å². The summed E-state index contributed by atoms with van der Waals surface area (Å²) < 4.78 is 5.41. The fourth-order valence-electron chi connectivity index (χ4n) is 1.86. The van der Waals surface area contributed by atoms with Crippen molar-refractivity contribution in [3.8, 4) is 0 Å². The molecule has 100 valence electrons. The van der Waals surface area contributed by atoms with E-state index in [2.05, 4.69) is 10.3 Å². The van der Waals surface area contributed by atoms with E-state index in [4.69, 9.17) is 4.42 Å². The molecule has 0 aromatic carbocycles. The summed E-state index contributed by atoms with van der Waals surface area (Å²) in [6.45, 7) is 0.505. The number of rotatable bonds is 5. The van der Waals surface area contributed by atoms with E-state index >= 15 is 0 Å². The Morgan fingerprint density at radius 3 is 2.79 bits per heavy atom. The second-order valence-corrected chi connectivity index (χ2v) is 4.57. The fourth-order valence-corrected chi connectivity index (χ4v) is 1.86. The van der Waals surface area contributed by atoms with E-state index < -0.39 is 0 Å². The number of furan rings is 1. The molecule has 0 saturated carbocycles. The average molecular weight is 260 g/mol. The highest BCUT2D eigenvalue weighted by molar-refractivity contribution is 5.92. The number of nitrogens with zero attached hydrogens (tertiary/aromatic N) is 1. The lowest BCUT2D eigenvalue weighted by Crippen LogP contribution is -3.07. The van der Waals surface area contributed by atoms with Gasteiger partial charge in [0, 0.05) is 6.20 Å². The van der Waals surface area contributed by atoms with Crippen molar-refractivity contribution in [3.63, 3.8) is 0 Å². The van der Waals surface area contributed by atoms with E-state index in [9.17, 15) is 4.79 Å². The van der Waals surface area contributed by atoms with Crippen LogP contribution in [0.3, 0.4) is 0 Å². The van der Waals surface area contributed by atoms with Crippen LogP contribution in [0.1, 0.15) is 22.3 Å². The van der Waals surface area contributed by atoms with Gasteiger partial charge in [0.05, 0.1) is 26.9 Å². The van der Waals surface area contributed by atoms with E-state index in [0.717, 1.165) is 5.76 Å².